The number of pyridine rings is 2. The molecule has 23 heavy (non-hydrogen) atoms. The molecule has 0 aliphatic rings. The molecule has 3 rings (SSSR count). The maximum absolute atomic E-state index is 9.33. The highest BCUT2D eigenvalue weighted by Gasteiger charge is 2.11. The minimum atomic E-state index is 0.0961. The molecule has 0 atom stereocenters. The van der Waals surface area contributed by atoms with Crippen LogP contribution in [0.2, 0.25) is 5.15 Å². The van der Waals surface area contributed by atoms with Gasteiger partial charge in [-0.3, -0.25) is 9.88 Å². The summed E-state index contributed by atoms with van der Waals surface area (Å²) in [6.45, 7) is 2.00. The van der Waals surface area contributed by atoms with Gasteiger partial charge in [-0.2, -0.15) is 0 Å². The van der Waals surface area contributed by atoms with Crippen molar-refractivity contribution in [1.29, 1.82) is 0 Å². The van der Waals surface area contributed by atoms with E-state index in [1.165, 1.54) is 0 Å². The van der Waals surface area contributed by atoms with Crippen LogP contribution in [-0.2, 0) is 13.1 Å². The lowest BCUT2D eigenvalue weighted by molar-refractivity contribution is 0.184. The number of nitrogens with zero attached hydrogens (tertiary/aromatic N) is 3. The number of hydrogen-bond donors (Lipinski definition) is 1. The molecule has 0 aliphatic carbocycles. The molecule has 5 heteroatoms. The van der Waals surface area contributed by atoms with Gasteiger partial charge in [0.25, 0.3) is 0 Å². The molecule has 0 amide bonds. The first-order chi connectivity index (χ1) is 11.3. The van der Waals surface area contributed by atoms with Gasteiger partial charge >= 0.3 is 0 Å². The molecule has 118 valence electrons. The Balaban J connectivity index is 1.83. The first-order valence-electron chi connectivity index (χ1n) is 7.52. The maximum atomic E-state index is 9.33. The van der Waals surface area contributed by atoms with Crippen LogP contribution < -0.4 is 0 Å². The Hall–Kier alpha value is -2.01. The minimum Gasteiger partial charge on any atom is -0.395 e. The third kappa shape index (κ3) is 4.05. The van der Waals surface area contributed by atoms with Crippen LogP contribution in [0.1, 0.15) is 11.1 Å². The van der Waals surface area contributed by atoms with E-state index in [4.69, 9.17) is 11.6 Å². The van der Waals surface area contributed by atoms with E-state index in [2.05, 4.69) is 20.9 Å². The lowest BCUT2D eigenvalue weighted by Crippen LogP contribution is -2.26. The summed E-state index contributed by atoms with van der Waals surface area (Å²) in [5, 5.41) is 10.9. The van der Waals surface area contributed by atoms with Crippen LogP contribution in [0.25, 0.3) is 10.9 Å². The predicted molar refractivity (Wildman–Crippen MR) is 92.2 cm³/mol. The molecule has 0 unspecified atom stereocenters. The lowest BCUT2D eigenvalue weighted by Gasteiger charge is -2.22. The highest BCUT2D eigenvalue weighted by molar-refractivity contribution is 6.30. The van der Waals surface area contributed by atoms with Gasteiger partial charge in [0.2, 0.25) is 0 Å². The molecular weight excluding hydrogens is 310 g/mol. The second-order valence-electron chi connectivity index (χ2n) is 5.43. The van der Waals surface area contributed by atoms with E-state index < -0.39 is 0 Å². The van der Waals surface area contributed by atoms with E-state index >= 15 is 0 Å². The van der Waals surface area contributed by atoms with Crippen LogP contribution in [0, 0.1) is 0 Å². The number of halogens is 1. The summed E-state index contributed by atoms with van der Waals surface area (Å²) in [4.78, 5) is 10.7. The highest BCUT2D eigenvalue weighted by Crippen LogP contribution is 2.22. The molecule has 0 fully saturated rings. The van der Waals surface area contributed by atoms with E-state index in [-0.39, 0.29) is 6.61 Å². The van der Waals surface area contributed by atoms with Crippen LogP contribution in [-0.4, -0.2) is 33.1 Å². The Morgan fingerprint density at radius 1 is 1.09 bits per heavy atom. The quantitative estimate of drug-likeness (QED) is 0.706. The normalized spacial score (nSPS) is 11.3. The third-order valence-electron chi connectivity index (χ3n) is 3.69. The predicted octanol–water partition coefficient (Wildman–Crippen LogP) is 3.28. The molecule has 0 bridgehead atoms. The molecule has 2 heterocycles. The summed E-state index contributed by atoms with van der Waals surface area (Å²) in [6, 6.07) is 13.9. The molecule has 0 spiro atoms. The van der Waals surface area contributed by atoms with E-state index in [9.17, 15) is 5.11 Å². The van der Waals surface area contributed by atoms with Crippen molar-refractivity contribution < 1.29 is 5.11 Å². The van der Waals surface area contributed by atoms with Crippen molar-refractivity contribution >= 4 is 22.5 Å². The highest BCUT2D eigenvalue weighted by atomic mass is 35.5. The summed E-state index contributed by atoms with van der Waals surface area (Å²) in [6.07, 6.45) is 3.59. The third-order valence-corrected chi connectivity index (χ3v) is 4.02. The zero-order valence-electron chi connectivity index (χ0n) is 12.7. The van der Waals surface area contributed by atoms with Crippen molar-refractivity contribution in [2.45, 2.75) is 13.1 Å². The van der Waals surface area contributed by atoms with Gasteiger partial charge in [-0.05, 0) is 23.8 Å². The zero-order chi connectivity index (χ0) is 16.1. The Morgan fingerprint density at radius 2 is 1.96 bits per heavy atom. The fourth-order valence-corrected chi connectivity index (χ4v) is 2.80. The van der Waals surface area contributed by atoms with Crippen molar-refractivity contribution in [2.24, 2.45) is 0 Å². The number of rotatable bonds is 6. The van der Waals surface area contributed by atoms with Crippen molar-refractivity contribution in [3.05, 3.63) is 71.1 Å². The largest absolute Gasteiger partial charge is 0.395 e. The van der Waals surface area contributed by atoms with Gasteiger partial charge in [-0.1, -0.05) is 35.9 Å². The number of fused-ring (bicyclic) bond motifs is 1. The minimum absolute atomic E-state index is 0.0961. The van der Waals surface area contributed by atoms with Gasteiger partial charge in [0.15, 0.2) is 0 Å². The van der Waals surface area contributed by atoms with Gasteiger partial charge in [-0.15, -0.1) is 0 Å². The van der Waals surface area contributed by atoms with E-state index in [1.54, 1.807) is 6.20 Å². The monoisotopic (exact) mass is 327 g/mol. The molecule has 3 aromatic rings. The number of aliphatic hydroxyl groups excluding tert-OH is 1. The Bertz CT molecular complexity index is 780. The number of para-hydroxylation sites is 1. The van der Waals surface area contributed by atoms with E-state index in [0.717, 1.165) is 22.0 Å². The Kier molecular flexibility index (Phi) is 5.18. The molecule has 4 nitrogen and oxygen atoms in total. The second-order valence-corrected chi connectivity index (χ2v) is 5.78. The molecule has 0 saturated carbocycles. The summed E-state index contributed by atoms with van der Waals surface area (Å²) in [5.74, 6) is 0. The van der Waals surface area contributed by atoms with Gasteiger partial charge < -0.3 is 5.11 Å². The fraction of sp³-hybridized carbons (Fsp3) is 0.222. The number of hydrogen-bond acceptors (Lipinski definition) is 4. The van der Waals surface area contributed by atoms with Crippen molar-refractivity contribution in [2.75, 3.05) is 13.2 Å². The lowest BCUT2D eigenvalue weighted by atomic mass is 10.1. The Labute approximate surface area is 140 Å². The van der Waals surface area contributed by atoms with Crippen LogP contribution in [0.5, 0.6) is 0 Å². The van der Waals surface area contributed by atoms with Crippen LogP contribution in [0.3, 0.4) is 0 Å². The molecule has 0 aliphatic heterocycles. The number of aliphatic hydroxyl groups is 1. The Morgan fingerprint density at radius 3 is 2.74 bits per heavy atom. The van der Waals surface area contributed by atoms with E-state index in [0.29, 0.717) is 24.8 Å². The van der Waals surface area contributed by atoms with Crippen LogP contribution in [0.15, 0.2) is 54.9 Å². The maximum Gasteiger partial charge on any atom is 0.134 e. The van der Waals surface area contributed by atoms with Crippen LogP contribution >= 0.6 is 11.6 Å². The summed E-state index contributed by atoms with van der Waals surface area (Å²) < 4.78 is 0. The average molecular weight is 328 g/mol. The van der Waals surface area contributed by atoms with E-state index in [1.807, 2.05) is 42.6 Å². The number of aromatic nitrogens is 2. The molecule has 1 aromatic carbocycles. The topological polar surface area (TPSA) is 49.2 Å². The molecular formula is C18H18ClN3O. The first-order valence-corrected chi connectivity index (χ1v) is 7.90. The van der Waals surface area contributed by atoms with Gasteiger partial charge in [0, 0.05) is 43.0 Å². The summed E-state index contributed by atoms with van der Waals surface area (Å²) in [5.41, 5.74) is 2.95. The fourth-order valence-electron chi connectivity index (χ4n) is 2.59. The smallest absolute Gasteiger partial charge is 0.134 e. The van der Waals surface area contributed by atoms with Gasteiger partial charge in [0.05, 0.1) is 12.1 Å². The SMILES string of the molecule is OCCN(Cc1cccnc1)Cc1cc2ccccc2nc1Cl. The molecule has 1 N–H and O–H groups in total. The second kappa shape index (κ2) is 7.51. The molecule has 2 aromatic heterocycles. The average Bonchev–Trinajstić information content (AvgIpc) is 2.57. The van der Waals surface area contributed by atoms with Crippen molar-refractivity contribution in [3.63, 3.8) is 0 Å². The first kappa shape index (κ1) is 15.9. The zero-order valence-corrected chi connectivity index (χ0v) is 13.4. The summed E-state index contributed by atoms with van der Waals surface area (Å²) >= 11 is 6.34. The van der Waals surface area contributed by atoms with Crippen molar-refractivity contribution in [3.8, 4) is 0 Å². The number of benzene rings is 1. The van der Waals surface area contributed by atoms with Gasteiger partial charge in [0.1, 0.15) is 5.15 Å². The van der Waals surface area contributed by atoms with Gasteiger partial charge in [-0.25, -0.2) is 4.98 Å². The van der Waals surface area contributed by atoms with Crippen LogP contribution in [0.4, 0.5) is 0 Å². The molecule has 0 radical (unpaired) electrons. The van der Waals surface area contributed by atoms with Crippen molar-refractivity contribution in [1.82, 2.24) is 14.9 Å². The molecule has 0 saturated heterocycles. The summed E-state index contributed by atoms with van der Waals surface area (Å²) in [7, 11) is 0. The standard InChI is InChI=1S/C18H18ClN3O/c19-18-16(10-15-5-1-2-6-17(15)21-18)13-22(8-9-23)12-14-4-3-7-20-11-14/h1-7,10-11,23H,8-9,12-13H2.